The first-order valence-electron chi connectivity index (χ1n) is 7.71. The topological polar surface area (TPSA) is 29.5 Å². The van der Waals surface area contributed by atoms with E-state index in [1.807, 2.05) is 6.92 Å². The van der Waals surface area contributed by atoms with Crippen LogP contribution in [0.1, 0.15) is 58.3 Å². The quantitative estimate of drug-likeness (QED) is 0.705. The van der Waals surface area contributed by atoms with Crippen LogP contribution in [0.3, 0.4) is 0 Å². The first kappa shape index (κ1) is 13.9. The summed E-state index contributed by atoms with van der Waals surface area (Å²) in [4.78, 5) is 14.4. The Hall–Kier alpha value is -0.570. The van der Waals surface area contributed by atoms with Crippen molar-refractivity contribution in [1.82, 2.24) is 4.90 Å². The Morgan fingerprint density at radius 1 is 1.17 bits per heavy atom. The number of likely N-dealkylation sites (tertiary alicyclic amines) is 1. The monoisotopic (exact) mass is 253 g/mol. The number of carbonyl (C=O) groups is 1. The standard InChI is InChI=1S/C15H27NO2/c1-2-18-15(17)12-14(13-8-7-9-13)16-10-5-3-4-6-11-16/h13-14H,2-12H2,1H3. The van der Waals surface area contributed by atoms with Crippen molar-refractivity contribution in [2.75, 3.05) is 19.7 Å². The highest BCUT2D eigenvalue weighted by Gasteiger charge is 2.33. The summed E-state index contributed by atoms with van der Waals surface area (Å²) in [7, 11) is 0. The molecular formula is C15H27NO2. The summed E-state index contributed by atoms with van der Waals surface area (Å²) in [5.41, 5.74) is 0. The van der Waals surface area contributed by atoms with Crippen LogP contribution in [0.25, 0.3) is 0 Å². The molecule has 2 fully saturated rings. The summed E-state index contributed by atoms with van der Waals surface area (Å²) in [5.74, 6) is 0.742. The van der Waals surface area contributed by atoms with Gasteiger partial charge < -0.3 is 4.74 Å². The maximum absolute atomic E-state index is 11.8. The van der Waals surface area contributed by atoms with Crippen molar-refractivity contribution in [3.05, 3.63) is 0 Å². The molecule has 0 aromatic heterocycles. The van der Waals surface area contributed by atoms with Crippen molar-refractivity contribution in [2.24, 2.45) is 5.92 Å². The molecular weight excluding hydrogens is 226 g/mol. The highest BCUT2D eigenvalue weighted by molar-refractivity contribution is 5.70. The van der Waals surface area contributed by atoms with Crippen molar-refractivity contribution >= 4 is 5.97 Å². The molecule has 1 atom stereocenters. The number of ether oxygens (including phenoxy) is 1. The summed E-state index contributed by atoms with van der Waals surface area (Å²) in [6.07, 6.45) is 9.87. The Morgan fingerprint density at radius 2 is 1.83 bits per heavy atom. The molecule has 0 amide bonds. The summed E-state index contributed by atoms with van der Waals surface area (Å²) in [6, 6.07) is 0.455. The number of hydrogen-bond acceptors (Lipinski definition) is 3. The number of nitrogens with zero attached hydrogens (tertiary/aromatic N) is 1. The fraction of sp³-hybridized carbons (Fsp3) is 0.933. The predicted octanol–water partition coefficient (Wildman–Crippen LogP) is 2.98. The van der Waals surface area contributed by atoms with Crippen molar-refractivity contribution in [3.63, 3.8) is 0 Å². The van der Waals surface area contributed by atoms with Gasteiger partial charge in [-0.3, -0.25) is 9.69 Å². The van der Waals surface area contributed by atoms with E-state index in [2.05, 4.69) is 4.90 Å². The number of esters is 1. The third-order valence-corrected chi connectivity index (χ3v) is 4.48. The van der Waals surface area contributed by atoms with E-state index >= 15 is 0 Å². The molecule has 1 heterocycles. The molecule has 1 saturated heterocycles. The molecule has 0 radical (unpaired) electrons. The van der Waals surface area contributed by atoms with Gasteiger partial charge in [0.25, 0.3) is 0 Å². The van der Waals surface area contributed by atoms with Crippen LogP contribution >= 0.6 is 0 Å². The molecule has 2 aliphatic rings. The average molecular weight is 253 g/mol. The maximum Gasteiger partial charge on any atom is 0.307 e. The van der Waals surface area contributed by atoms with Crippen LogP contribution in [0, 0.1) is 5.92 Å². The first-order valence-corrected chi connectivity index (χ1v) is 7.71. The van der Waals surface area contributed by atoms with Crippen LogP contribution in [-0.4, -0.2) is 36.6 Å². The van der Waals surface area contributed by atoms with E-state index in [4.69, 9.17) is 4.74 Å². The maximum atomic E-state index is 11.8. The molecule has 3 heteroatoms. The van der Waals surface area contributed by atoms with Gasteiger partial charge in [0.2, 0.25) is 0 Å². The number of hydrogen-bond donors (Lipinski definition) is 0. The largest absolute Gasteiger partial charge is 0.466 e. The number of carbonyl (C=O) groups excluding carboxylic acids is 1. The molecule has 0 aromatic carbocycles. The third-order valence-electron chi connectivity index (χ3n) is 4.48. The Labute approximate surface area is 111 Å². The van der Waals surface area contributed by atoms with Gasteiger partial charge in [-0.2, -0.15) is 0 Å². The van der Waals surface area contributed by atoms with Crippen LogP contribution in [0.2, 0.25) is 0 Å². The molecule has 1 saturated carbocycles. The Balaban J connectivity index is 1.92. The smallest absolute Gasteiger partial charge is 0.307 e. The molecule has 18 heavy (non-hydrogen) atoms. The highest BCUT2D eigenvalue weighted by Crippen LogP contribution is 2.34. The second-order valence-electron chi connectivity index (χ2n) is 5.72. The minimum Gasteiger partial charge on any atom is -0.466 e. The molecule has 1 unspecified atom stereocenters. The molecule has 0 N–H and O–H groups in total. The zero-order valence-electron chi connectivity index (χ0n) is 11.7. The van der Waals surface area contributed by atoms with E-state index in [9.17, 15) is 4.79 Å². The van der Waals surface area contributed by atoms with Crippen LogP contribution in [0.15, 0.2) is 0 Å². The molecule has 0 spiro atoms. The average Bonchev–Trinajstić information content (AvgIpc) is 2.54. The van der Waals surface area contributed by atoms with Crippen molar-refractivity contribution < 1.29 is 9.53 Å². The summed E-state index contributed by atoms with van der Waals surface area (Å²) >= 11 is 0. The van der Waals surface area contributed by atoms with E-state index < -0.39 is 0 Å². The minimum atomic E-state index is -0.00125. The summed E-state index contributed by atoms with van der Waals surface area (Å²) < 4.78 is 5.15. The fourth-order valence-corrected chi connectivity index (χ4v) is 3.24. The summed E-state index contributed by atoms with van der Waals surface area (Å²) in [6.45, 7) is 4.76. The Morgan fingerprint density at radius 3 is 2.33 bits per heavy atom. The van der Waals surface area contributed by atoms with Gasteiger partial charge in [-0.15, -0.1) is 0 Å². The highest BCUT2D eigenvalue weighted by atomic mass is 16.5. The van der Waals surface area contributed by atoms with Crippen LogP contribution < -0.4 is 0 Å². The lowest BCUT2D eigenvalue weighted by Gasteiger charge is -2.40. The van der Waals surface area contributed by atoms with Gasteiger partial charge in [0.1, 0.15) is 0 Å². The van der Waals surface area contributed by atoms with Crippen molar-refractivity contribution in [3.8, 4) is 0 Å². The fourth-order valence-electron chi connectivity index (χ4n) is 3.24. The normalized spacial score (nSPS) is 24.1. The Bertz CT molecular complexity index is 255. The first-order chi connectivity index (χ1) is 8.81. The van der Waals surface area contributed by atoms with E-state index in [0.29, 0.717) is 19.1 Å². The lowest BCUT2D eigenvalue weighted by atomic mass is 9.77. The molecule has 0 aromatic rings. The van der Waals surface area contributed by atoms with Gasteiger partial charge in [-0.05, 0) is 51.6 Å². The van der Waals surface area contributed by atoms with Gasteiger partial charge in [-0.25, -0.2) is 0 Å². The van der Waals surface area contributed by atoms with Gasteiger partial charge >= 0.3 is 5.97 Å². The molecule has 1 aliphatic heterocycles. The zero-order valence-corrected chi connectivity index (χ0v) is 11.7. The van der Waals surface area contributed by atoms with Crippen LogP contribution in [-0.2, 0) is 9.53 Å². The molecule has 104 valence electrons. The van der Waals surface area contributed by atoms with E-state index in [1.54, 1.807) is 0 Å². The number of rotatable bonds is 5. The lowest BCUT2D eigenvalue weighted by Crippen LogP contribution is -2.45. The van der Waals surface area contributed by atoms with Crippen LogP contribution in [0.5, 0.6) is 0 Å². The van der Waals surface area contributed by atoms with E-state index in [-0.39, 0.29) is 5.97 Å². The van der Waals surface area contributed by atoms with Crippen molar-refractivity contribution in [2.45, 2.75) is 64.3 Å². The van der Waals surface area contributed by atoms with E-state index in [0.717, 1.165) is 5.92 Å². The second kappa shape index (κ2) is 7.13. The molecule has 2 rings (SSSR count). The SMILES string of the molecule is CCOC(=O)CC(C1CCC1)N1CCCCCC1. The zero-order chi connectivity index (χ0) is 12.8. The van der Waals surface area contributed by atoms with Gasteiger partial charge in [0.15, 0.2) is 0 Å². The third kappa shape index (κ3) is 3.71. The molecule has 0 bridgehead atoms. The Kier molecular flexibility index (Phi) is 5.48. The molecule has 1 aliphatic carbocycles. The van der Waals surface area contributed by atoms with Crippen LogP contribution in [0.4, 0.5) is 0 Å². The predicted molar refractivity (Wildman–Crippen MR) is 72.4 cm³/mol. The van der Waals surface area contributed by atoms with Gasteiger partial charge in [0, 0.05) is 6.04 Å². The lowest BCUT2D eigenvalue weighted by molar-refractivity contribution is -0.145. The summed E-state index contributed by atoms with van der Waals surface area (Å²) in [5, 5.41) is 0. The second-order valence-corrected chi connectivity index (χ2v) is 5.72. The molecule has 3 nitrogen and oxygen atoms in total. The van der Waals surface area contributed by atoms with E-state index in [1.165, 1.54) is 58.0 Å². The minimum absolute atomic E-state index is 0.00125. The van der Waals surface area contributed by atoms with Crippen molar-refractivity contribution in [1.29, 1.82) is 0 Å². The van der Waals surface area contributed by atoms with Gasteiger partial charge in [-0.1, -0.05) is 19.3 Å². The van der Waals surface area contributed by atoms with Gasteiger partial charge in [0.05, 0.1) is 13.0 Å².